The molecular formula is C19H22N6O. The number of hydrogen-bond donors (Lipinski definition) is 3. The maximum absolute atomic E-state index is 5.42. The van der Waals surface area contributed by atoms with E-state index in [0.29, 0.717) is 0 Å². The molecule has 0 spiro atoms. The van der Waals surface area contributed by atoms with Crippen LogP contribution < -0.4 is 21.1 Å². The Morgan fingerprint density at radius 3 is 2.96 bits per heavy atom. The van der Waals surface area contributed by atoms with Gasteiger partial charge in [0.2, 0.25) is 0 Å². The zero-order valence-corrected chi connectivity index (χ0v) is 14.6. The molecule has 1 unspecified atom stereocenters. The topological polar surface area (TPSA) is 76.0 Å². The van der Waals surface area contributed by atoms with Gasteiger partial charge in [-0.15, -0.1) is 0 Å². The number of ether oxygens (including phenoxy) is 1. The van der Waals surface area contributed by atoms with Crippen molar-refractivity contribution in [3.8, 4) is 17.1 Å². The second-order valence-electron chi connectivity index (χ2n) is 6.24. The van der Waals surface area contributed by atoms with Crippen LogP contribution in [0.4, 0.5) is 0 Å². The van der Waals surface area contributed by atoms with Gasteiger partial charge >= 0.3 is 0 Å². The third-order valence-electron chi connectivity index (χ3n) is 4.55. The van der Waals surface area contributed by atoms with Crippen LogP contribution in [0.1, 0.15) is 17.2 Å². The van der Waals surface area contributed by atoms with E-state index in [4.69, 9.17) is 4.74 Å². The number of nitrogens with zero attached hydrogens (tertiary/aromatic N) is 3. The number of aromatic nitrogens is 3. The van der Waals surface area contributed by atoms with Crippen molar-refractivity contribution in [1.29, 1.82) is 0 Å². The van der Waals surface area contributed by atoms with Gasteiger partial charge in [-0.1, -0.05) is 18.2 Å². The molecule has 3 N–H and O–H groups in total. The number of benzene rings is 1. The number of nitrogens with one attached hydrogen (secondary N) is 3. The lowest BCUT2D eigenvalue weighted by molar-refractivity contribution is 0.408. The molecule has 1 saturated heterocycles. The summed E-state index contributed by atoms with van der Waals surface area (Å²) >= 11 is 0. The highest BCUT2D eigenvalue weighted by Gasteiger charge is 2.16. The molecule has 7 heteroatoms. The highest BCUT2D eigenvalue weighted by Crippen LogP contribution is 2.21. The minimum absolute atomic E-state index is 0.226. The van der Waals surface area contributed by atoms with Crippen LogP contribution in [-0.2, 0) is 13.0 Å². The van der Waals surface area contributed by atoms with Gasteiger partial charge in [-0.2, -0.15) is 5.53 Å². The Morgan fingerprint density at radius 2 is 2.12 bits per heavy atom. The molecule has 4 rings (SSSR count). The molecule has 2 aromatic heterocycles. The van der Waals surface area contributed by atoms with Gasteiger partial charge in [-0.25, -0.2) is 15.8 Å². The fourth-order valence-corrected chi connectivity index (χ4v) is 3.12. The Morgan fingerprint density at radius 1 is 1.19 bits per heavy atom. The van der Waals surface area contributed by atoms with Crippen molar-refractivity contribution >= 4 is 0 Å². The third kappa shape index (κ3) is 3.60. The summed E-state index contributed by atoms with van der Waals surface area (Å²) in [5.41, 5.74) is 13.3. The summed E-state index contributed by atoms with van der Waals surface area (Å²) in [6, 6.07) is 12.4. The molecule has 0 radical (unpaired) electrons. The van der Waals surface area contributed by atoms with Crippen LogP contribution in [0.15, 0.2) is 55.1 Å². The van der Waals surface area contributed by atoms with Crippen molar-refractivity contribution in [2.75, 3.05) is 13.7 Å². The third-order valence-corrected chi connectivity index (χ3v) is 4.55. The van der Waals surface area contributed by atoms with Crippen LogP contribution in [0.3, 0.4) is 0 Å². The molecule has 26 heavy (non-hydrogen) atoms. The van der Waals surface area contributed by atoms with E-state index in [1.165, 1.54) is 11.1 Å². The lowest BCUT2D eigenvalue weighted by Gasteiger charge is -2.09. The molecular weight excluding hydrogens is 328 g/mol. The Hall–Kier alpha value is -2.74. The minimum atomic E-state index is 0.226. The van der Waals surface area contributed by atoms with E-state index in [0.717, 1.165) is 36.6 Å². The first kappa shape index (κ1) is 16.7. The molecule has 1 atom stereocenters. The lowest BCUT2D eigenvalue weighted by atomic mass is 10.1. The fourth-order valence-electron chi connectivity index (χ4n) is 3.12. The Kier molecular flexibility index (Phi) is 4.92. The van der Waals surface area contributed by atoms with Gasteiger partial charge in [0.25, 0.3) is 0 Å². The molecule has 1 aliphatic rings. The highest BCUT2D eigenvalue weighted by atomic mass is 16.5. The fraction of sp³-hybridized carbons (Fsp3) is 0.263. The number of hydrogen-bond acceptors (Lipinski definition) is 6. The molecule has 3 aromatic rings. The number of para-hydroxylation sites is 1. The van der Waals surface area contributed by atoms with Crippen molar-refractivity contribution in [3.63, 3.8) is 0 Å². The maximum Gasteiger partial charge on any atom is 0.122 e. The number of rotatable bonds is 6. The number of imidazole rings is 1. The van der Waals surface area contributed by atoms with E-state index >= 15 is 0 Å². The summed E-state index contributed by atoms with van der Waals surface area (Å²) in [4.78, 5) is 9.00. The van der Waals surface area contributed by atoms with Crippen LogP contribution in [0.25, 0.3) is 11.4 Å². The summed E-state index contributed by atoms with van der Waals surface area (Å²) in [5.74, 6) is 0.925. The SMILES string of the molecule is COc1ccccc1CCn1cnc(-c2cc(C3CNNN3)ccn2)c1. The molecule has 0 bridgehead atoms. The first-order chi connectivity index (χ1) is 12.8. The van der Waals surface area contributed by atoms with Crippen LogP contribution in [0.5, 0.6) is 5.75 Å². The molecule has 7 nitrogen and oxygen atoms in total. The van der Waals surface area contributed by atoms with Crippen molar-refractivity contribution in [3.05, 3.63) is 66.2 Å². The molecule has 1 fully saturated rings. The monoisotopic (exact) mass is 350 g/mol. The Balaban J connectivity index is 1.47. The van der Waals surface area contributed by atoms with Gasteiger partial charge in [0.1, 0.15) is 11.4 Å². The average Bonchev–Trinajstić information content (AvgIpc) is 3.39. The second kappa shape index (κ2) is 7.65. The van der Waals surface area contributed by atoms with Gasteiger partial charge in [0.15, 0.2) is 0 Å². The zero-order valence-electron chi connectivity index (χ0n) is 14.6. The summed E-state index contributed by atoms with van der Waals surface area (Å²) in [6.45, 7) is 1.67. The van der Waals surface area contributed by atoms with E-state index in [1.807, 2.05) is 43.0 Å². The predicted octanol–water partition coefficient (Wildman–Crippen LogP) is 1.85. The standard InChI is InChI=1S/C19H22N6O/c1-26-19-5-3-2-4-14(19)7-9-25-12-18(21-13-25)16-10-15(6-8-20-16)17-11-22-24-23-17/h2-6,8,10,12-13,17,22-24H,7,9,11H2,1H3. The minimum Gasteiger partial charge on any atom is -0.496 e. The van der Waals surface area contributed by atoms with Gasteiger partial charge in [0.05, 0.1) is 25.2 Å². The van der Waals surface area contributed by atoms with Gasteiger partial charge in [0, 0.05) is 25.5 Å². The Bertz CT molecular complexity index is 872. The van der Waals surface area contributed by atoms with Crippen molar-refractivity contribution in [1.82, 2.24) is 30.9 Å². The number of aryl methyl sites for hydroxylation is 2. The summed E-state index contributed by atoms with van der Waals surface area (Å²) < 4.78 is 7.51. The van der Waals surface area contributed by atoms with E-state index in [9.17, 15) is 0 Å². The van der Waals surface area contributed by atoms with Crippen LogP contribution in [0, 0.1) is 0 Å². The number of methoxy groups -OCH3 is 1. The van der Waals surface area contributed by atoms with Crippen LogP contribution >= 0.6 is 0 Å². The molecule has 0 aliphatic carbocycles. The molecule has 0 saturated carbocycles. The molecule has 1 aliphatic heterocycles. The largest absolute Gasteiger partial charge is 0.496 e. The van der Waals surface area contributed by atoms with Gasteiger partial charge in [-0.05, 0) is 35.7 Å². The van der Waals surface area contributed by atoms with Crippen molar-refractivity contribution in [2.24, 2.45) is 0 Å². The quantitative estimate of drug-likeness (QED) is 0.630. The first-order valence-electron chi connectivity index (χ1n) is 8.67. The molecule has 1 aromatic carbocycles. The second-order valence-corrected chi connectivity index (χ2v) is 6.24. The van der Waals surface area contributed by atoms with E-state index in [2.05, 4.69) is 43.1 Å². The summed E-state index contributed by atoms with van der Waals surface area (Å²) in [7, 11) is 1.71. The Labute approximate surface area is 152 Å². The first-order valence-corrected chi connectivity index (χ1v) is 8.67. The van der Waals surface area contributed by atoms with E-state index in [1.54, 1.807) is 7.11 Å². The lowest BCUT2D eigenvalue weighted by Crippen LogP contribution is -2.30. The molecule has 134 valence electrons. The molecule has 0 amide bonds. The summed E-state index contributed by atoms with van der Waals surface area (Å²) in [6.07, 6.45) is 6.62. The van der Waals surface area contributed by atoms with Crippen LogP contribution in [-0.4, -0.2) is 28.2 Å². The highest BCUT2D eigenvalue weighted by molar-refractivity contribution is 5.54. The average molecular weight is 350 g/mol. The van der Waals surface area contributed by atoms with Gasteiger partial charge < -0.3 is 9.30 Å². The van der Waals surface area contributed by atoms with Crippen molar-refractivity contribution < 1.29 is 4.74 Å². The molecule has 3 heterocycles. The predicted molar refractivity (Wildman–Crippen MR) is 99.2 cm³/mol. The number of hydrazine groups is 2. The normalized spacial score (nSPS) is 16.7. The van der Waals surface area contributed by atoms with E-state index < -0.39 is 0 Å². The van der Waals surface area contributed by atoms with Crippen LogP contribution in [0.2, 0.25) is 0 Å². The van der Waals surface area contributed by atoms with Crippen molar-refractivity contribution in [2.45, 2.75) is 19.0 Å². The summed E-state index contributed by atoms with van der Waals surface area (Å²) in [5, 5.41) is 0. The zero-order chi connectivity index (χ0) is 17.8. The number of pyridine rings is 1. The van der Waals surface area contributed by atoms with E-state index in [-0.39, 0.29) is 6.04 Å². The van der Waals surface area contributed by atoms with Gasteiger partial charge in [-0.3, -0.25) is 4.98 Å². The smallest absolute Gasteiger partial charge is 0.122 e. The maximum atomic E-state index is 5.42.